The molecule has 0 radical (unpaired) electrons. The van der Waals surface area contributed by atoms with E-state index < -0.39 is 11.6 Å². The molecule has 1 saturated heterocycles. The van der Waals surface area contributed by atoms with Gasteiger partial charge < -0.3 is 9.64 Å². The van der Waals surface area contributed by atoms with E-state index in [9.17, 15) is 22.8 Å². The summed E-state index contributed by atoms with van der Waals surface area (Å²) in [6, 6.07) is 2.69. The third-order valence-corrected chi connectivity index (χ3v) is 5.01. The summed E-state index contributed by atoms with van der Waals surface area (Å²) >= 11 is -0.286. The van der Waals surface area contributed by atoms with Crippen LogP contribution in [0.25, 0.3) is 0 Å². The maximum atomic E-state index is 12.7. The number of benzene rings is 1. The molecule has 1 aliphatic carbocycles. The number of Topliss-reactive ketones (excluding diaryl/α,β-unsaturated/α-hetero) is 1. The molecule has 1 aliphatic heterocycles. The lowest BCUT2D eigenvalue weighted by Crippen LogP contribution is -2.44. The molecular formula is C16H16F3NO3S. The van der Waals surface area contributed by atoms with Crippen molar-refractivity contribution >= 4 is 23.5 Å². The molecule has 1 amide bonds. The Balaban J connectivity index is 1.90. The first-order chi connectivity index (χ1) is 11.3. The zero-order valence-corrected chi connectivity index (χ0v) is 13.8. The van der Waals surface area contributed by atoms with Gasteiger partial charge in [0.25, 0.3) is 5.91 Å². The SMILES string of the molecule is CN1CCCC(Oc2ccc(SC(F)(F)F)c3c2CCC3=O)C1=O. The van der Waals surface area contributed by atoms with Crippen molar-refractivity contribution in [2.24, 2.45) is 0 Å². The van der Waals surface area contributed by atoms with Gasteiger partial charge in [-0.3, -0.25) is 9.59 Å². The van der Waals surface area contributed by atoms with Gasteiger partial charge in [-0.05, 0) is 43.2 Å². The Kier molecular flexibility index (Phi) is 4.50. The molecule has 130 valence electrons. The molecule has 24 heavy (non-hydrogen) atoms. The maximum Gasteiger partial charge on any atom is 0.446 e. The van der Waals surface area contributed by atoms with Crippen LogP contribution in [0.4, 0.5) is 13.2 Å². The molecule has 1 aromatic carbocycles. The fourth-order valence-electron chi connectivity index (χ4n) is 3.10. The van der Waals surface area contributed by atoms with Crippen LogP contribution < -0.4 is 4.74 Å². The number of alkyl halides is 3. The van der Waals surface area contributed by atoms with E-state index in [1.165, 1.54) is 12.1 Å². The molecule has 1 heterocycles. The number of ketones is 1. The van der Waals surface area contributed by atoms with E-state index in [2.05, 4.69) is 0 Å². The van der Waals surface area contributed by atoms with Crippen molar-refractivity contribution in [2.75, 3.05) is 13.6 Å². The van der Waals surface area contributed by atoms with Gasteiger partial charge in [0.15, 0.2) is 11.9 Å². The Bertz CT molecular complexity index is 690. The maximum absolute atomic E-state index is 12.7. The fourth-order valence-corrected chi connectivity index (χ4v) is 3.83. The van der Waals surface area contributed by atoms with Crippen molar-refractivity contribution in [3.8, 4) is 5.75 Å². The van der Waals surface area contributed by atoms with Gasteiger partial charge in [0.2, 0.25) is 0 Å². The second-order valence-corrected chi connectivity index (χ2v) is 7.00. The minimum absolute atomic E-state index is 0.0893. The van der Waals surface area contributed by atoms with E-state index in [4.69, 9.17) is 4.74 Å². The Morgan fingerprint density at radius 2 is 2.00 bits per heavy atom. The number of ether oxygens (including phenoxy) is 1. The lowest BCUT2D eigenvalue weighted by atomic mass is 10.1. The quantitative estimate of drug-likeness (QED) is 0.776. The summed E-state index contributed by atoms with van der Waals surface area (Å²) in [6.45, 7) is 0.663. The van der Waals surface area contributed by atoms with Crippen LogP contribution in [0.2, 0.25) is 0 Å². The molecule has 4 nitrogen and oxygen atoms in total. The number of likely N-dealkylation sites (tertiary alicyclic amines) is 1. The number of nitrogens with zero attached hydrogens (tertiary/aromatic N) is 1. The smallest absolute Gasteiger partial charge is 0.446 e. The van der Waals surface area contributed by atoms with Gasteiger partial charge in [0.1, 0.15) is 5.75 Å². The minimum atomic E-state index is -4.46. The van der Waals surface area contributed by atoms with E-state index in [1.807, 2.05) is 0 Å². The van der Waals surface area contributed by atoms with Crippen LogP contribution in [-0.4, -0.2) is 41.8 Å². The van der Waals surface area contributed by atoms with Crippen molar-refractivity contribution in [2.45, 2.75) is 42.2 Å². The Labute approximate surface area is 141 Å². The van der Waals surface area contributed by atoms with Crippen LogP contribution in [0.15, 0.2) is 17.0 Å². The summed E-state index contributed by atoms with van der Waals surface area (Å²) in [5.41, 5.74) is -3.89. The van der Waals surface area contributed by atoms with Gasteiger partial charge in [-0.2, -0.15) is 13.2 Å². The molecule has 0 N–H and O–H groups in total. The Morgan fingerprint density at radius 1 is 1.25 bits per heavy atom. The summed E-state index contributed by atoms with van der Waals surface area (Å²) in [4.78, 5) is 25.6. The van der Waals surface area contributed by atoms with Gasteiger partial charge in [-0.25, -0.2) is 0 Å². The predicted molar refractivity (Wildman–Crippen MR) is 82.3 cm³/mol. The highest BCUT2D eigenvalue weighted by Crippen LogP contribution is 2.44. The summed E-state index contributed by atoms with van der Waals surface area (Å²) in [6.07, 6.45) is 1.22. The van der Waals surface area contributed by atoms with Gasteiger partial charge in [-0.15, -0.1) is 0 Å². The number of hydrogen-bond donors (Lipinski definition) is 0. The van der Waals surface area contributed by atoms with Gasteiger partial charge in [0.05, 0.1) is 0 Å². The average Bonchev–Trinajstić information content (AvgIpc) is 2.88. The third-order valence-electron chi connectivity index (χ3n) is 4.22. The number of carbonyl (C=O) groups is 2. The Morgan fingerprint density at radius 3 is 2.71 bits per heavy atom. The molecule has 0 bridgehead atoms. The number of halogens is 3. The van der Waals surface area contributed by atoms with Crippen molar-refractivity contribution < 1.29 is 27.5 Å². The molecule has 1 aromatic rings. The number of carbonyl (C=O) groups excluding carboxylic acids is 2. The highest BCUT2D eigenvalue weighted by atomic mass is 32.2. The summed E-state index contributed by atoms with van der Waals surface area (Å²) in [5, 5.41) is 0. The van der Waals surface area contributed by atoms with E-state index in [-0.39, 0.29) is 40.3 Å². The topological polar surface area (TPSA) is 46.6 Å². The van der Waals surface area contributed by atoms with Gasteiger partial charge >= 0.3 is 5.51 Å². The average molecular weight is 359 g/mol. The van der Waals surface area contributed by atoms with Crippen LogP contribution in [0.1, 0.15) is 35.2 Å². The first-order valence-corrected chi connectivity index (χ1v) is 8.44. The molecule has 8 heteroatoms. The standard InChI is InChI=1S/C16H16F3NO3S/c1-20-8-2-3-12(15(20)22)23-11-6-7-13(24-16(17,18)19)14-9(11)4-5-10(14)21/h6-7,12H,2-5,8H2,1H3. The molecule has 0 spiro atoms. The Hall–Kier alpha value is -1.70. The minimum Gasteiger partial charge on any atom is -0.480 e. The summed E-state index contributed by atoms with van der Waals surface area (Å²) in [7, 11) is 1.69. The number of piperidine rings is 1. The van der Waals surface area contributed by atoms with Gasteiger partial charge in [0, 0.05) is 36.0 Å². The third kappa shape index (κ3) is 3.38. The molecule has 1 atom stereocenters. The number of thioether (sulfide) groups is 1. The summed E-state index contributed by atoms with van der Waals surface area (Å²) in [5.74, 6) is -0.113. The highest BCUT2D eigenvalue weighted by molar-refractivity contribution is 8.00. The van der Waals surface area contributed by atoms with Crippen LogP contribution in [-0.2, 0) is 11.2 Å². The number of rotatable bonds is 3. The van der Waals surface area contributed by atoms with E-state index in [0.717, 1.165) is 6.42 Å². The van der Waals surface area contributed by atoms with Crippen LogP contribution in [0.5, 0.6) is 5.75 Å². The van der Waals surface area contributed by atoms with Crippen molar-refractivity contribution in [3.05, 3.63) is 23.3 Å². The molecule has 0 aromatic heterocycles. The van der Waals surface area contributed by atoms with Crippen molar-refractivity contribution in [3.63, 3.8) is 0 Å². The van der Waals surface area contributed by atoms with Crippen LogP contribution in [0.3, 0.4) is 0 Å². The van der Waals surface area contributed by atoms with Crippen molar-refractivity contribution in [1.29, 1.82) is 0 Å². The van der Waals surface area contributed by atoms with Crippen LogP contribution >= 0.6 is 11.8 Å². The highest BCUT2D eigenvalue weighted by Gasteiger charge is 2.36. The normalized spacial score (nSPS) is 21.2. The van der Waals surface area contributed by atoms with E-state index in [1.54, 1.807) is 11.9 Å². The second kappa shape index (κ2) is 6.31. The van der Waals surface area contributed by atoms with Gasteiger partial charge in [-0.1, -0.05) is 0 Å². The first kappa shape index (κ1) is 17.1. The molecule has 1 unspecified atom stereocenters. The zero-order chi connectivity index (χ0) is 17.5. The predicted octanol–water partition coefficient (Wildman–Crippen LogP) is 3.43. The lowest BCUT2D eigenvalue weighted by Gasteiger charge is -2.30. The number of amides is 1. The van der Waals surface area contributed by atoms with E-state index >= 15 is 0 Å². The zero-order valence-electron chi connectivity index (χ0n) is 13.0. The second-order valence-electron chi connectivity index (χ2n) is 5.89. The number of hydrogen-bond acceptors (Lipinski definition) is 4. The fraction of sp³-hybridized carbons (Fsp3) is 0.500. The molecule has 1 fully saturated rings. The van der Waals surface area contributed by atoms with Crippen molar-refractivity contribution in [1.82, 2.24) is 4.90 Å². The number of fused-ring (bicyclic) bond motifs is 1. The molecular weight excluding hydrogens is 343 g/mol. The first-order valence-electron chi connectivity index (χ1n) is 7.63. The summed E-state index contributed by atoms with van der Waals surface area (Å²) < 4.78 is 43.8. The lowest BCUT2D eigenvalue weighted by molar-refractivity contribution is -0.140. The molecule has 3 rings (SSSR count). The molecule has 0 saturated carbocycles. The van der Waals surface area contributed by atoms with Crippen LogP contribution in [0, 0.1) is 0 Å². The monoisotopic (exact) mass is 359 g/mol. The molecule has 2 aliphatic rings. The van der Waals surface area contributed by atoms with E-state index in [0.29, 0.717) is 30.7 Å². The largest absolute Gasteiger partial charge is 0.480 e. The number of likely N-dealkylation sites (N-methyl/N-ethyl adjacent to an activating group) is 1.